The first-order valence-corrected chi connectivity index (χ1v) is 8.58. The summed E-state index contributed by atoms with van der Waals surface area (Å²) in [6.07, 6.45) is 3.28. The van der Waals surface area contributed by atoms with Crippen LogP contribution in [0.15, 0.2) is 47.4 Å². The fourth-order valence-corrected chi connectivity index (χ4v) is 3.34. The van der Waals surface area contributed by atoms with Crippen molar-refractivity contribution in [3.63, 3.8) is 0 Å². The van der Waals surface area contributed by atoms with Gasteiger partial charge in [-0.2, -0.15) is 8.78 Å². The van der Waals surface area contributed by atoms with Gasteiger partial charge in [-0.3, -0.25) is 4.79 Å². The Morgan fingerprint density at radius 1 is 1.17 bits per heavy atom. The molecule has 2 aromatic rings. The lowest BCUT2D eigenvalue weighted by Gasteiger charge is -2.11. The van der Waals surface area contributed by atoms with Gasteiger partial charge in [-0.05, 0) is 54.7 Å². The number of anilines is 1. The van der Waals surface area contributed by atoms with Crippen molar-refractivity contribution < 1.29 is 18.3 Å². The van der Waals surface area contributed by atoms with Crippen LogP contribution in [-0.2, 0) is 17.6 Å². The van der Waals surface area contributed by atoms with Gasteiger partial charge in [-0.1, -0.05) is 30.0 Å². The van der Waals surface area contributed by atoms with Gasteiger partial charge in [0, 0.05) is 4.90 Å². The molecule has 0 unspecified atom stereocenters. The summed E-state index contributed by atoms with van der Waals surface area (Å²) in [4.78, 5) is 12.4. The predicted molar refractivity (Wildman–Crippen MR) is 90.9 cm³/mol. The van der Waals surface area contributed by atoms with Gasteiger partial charge in [-0.15, -0.1) is 0 Å². The number of nitrogens with one attached hydrogen (secondary N) is 1. The molecule has 3 nitrogen and oxygen atoms in total. The monoisotopic (exact) mass is 349 g/mol. The molecule has 0 radical (unpaired) electrons. The van der Waals surface area contributed by atoms with Crippen molar-refractivity contribution >= 4 is 23.4 Å². The Hall–Kier alpha value is -2.08. The minimum atomic E-state index is -2.54. The molecule has 0 spiro atoms. The third-order valence-corrected chi connectivity index (χ3v) is 4.61. The number of carbonyl (C=O) groups is 1. The first kappa shape index (κ1) is 16.8. The second-order valence-corrected chi connectivity index (χ2v) is 6.53. The van der Waals surface area contributed by atoms with Gasteiger partial charge in [0.1, 0.15) is 5.75 Å². The van der Waals surface area contributed by atoms with E-state index in [-0.39, 0.29) is 12.5 Å². The Bertz CT molecular complexity index is 737. The Morgan fingerprint density at radius 3 is 2.79 bits per heavy atom. The number of benzene rings is 2. The number of thioether (sulfide) groups is 1. The standard InChI is InChI=1S/C18H17F2NO2S/c19-18(20)24-16-7-2-1-6-15(16)21-17(22)11-23-14-9-8-12-4-3-5-13(12)10-14/h1-2,6-10,18H,3-5,11H2,(H,21,22). The van der Waals surface area contributed by atoms with Crippen molar-refractivity contribution in [2.45, 2.75) is 29.9 Å². The fraction of sp³-hybridized carbons (Fsp3) is 0.278. The molecule has 1 amide bonds. The Kier molecular flexibility index (Phi) is 5.35. The van der Waals surface area contributed by atoms with Crippen LogP contribution >= 0.6 is 11.8 Å². The van der Waals surface area contributed by atoms with Crippen LogP contribution in [0.1, 0.15) is 17.5 Å². The van der Waals surface area contributed by atoms with Crippen molar-refractivity contribution in [3.8, 4) is 5.75 Å². The van der Waals surface area contributed by atoms with Crippen LogP contribution in [0.5, 0.6) is 5.75 Å². The number of rotatable bonds is 6. The van der Waals surface area contributed by atoms with E-state index in [1.165, 1.54) is 11.1 Å². The van der Waals surface area contributed by atoms with E-state index in [0.717, 1.165) is 19.3 Å². The maximum atomic E-state index is 12.5. The third kappa shape index (κ3) is 4.26. The van der Waals surface area contributed by atoms with Crippen LogP contribution < -0.4 is 10.1 Å². The summed E-state index contributed by atoms with van der Waals surface area (Å²) in [5, 5.41) is 2.62. The number of aryl methyl sites for hydroxylation is 2. The van der Waals surface area contributed by atoms with Crippen molar-refractivity contribution in [1.29, 1.82) is 0 Å². The lowest BCUT2D eigenvalue weighted by molar-refractivity contribution is -0.118. The molecule has 1 N–H and O–H groups in total. The largest absolute Gasteiger partial charge is 0.484 e. The highest BCUT2D eigenvalue weighted by Gasteiger charge is 2.14. The molecule has 0 bridgehead atoms. The fourth-order valence-electron chi connectivity index (χ4n) is 2.74. The lowest BCUT2D eigenvalue weighted by atomic mass is 10.1. The number of halogens is 2. The van der Waals surface area contributed by atoms with Crippen LogP contribution in [0, 0.1) is 0 Å². The topological polar surface area (TPSA) is 38.3 Å². The number of para-hydroxylation sites is 1. The SMILES string of the molecule is O=C(COc1ccc2c(c1)CCC2)Nc1ccccc1SC(F)F. The second kappa shape index (κ2) is 7.66. The molecule has 0 heterocycles. The zero-order valence-corrected chi connectivity index (χ0v) is 13.7. The molecule has 6 heteroatoms. The van der Waals surface area contributed by atoms with E-state index in [1.54, 1.807) is 24.3 Å². The predicted octanol–water partition coefficient (Wildman–Crippen LogP) is 4.51. The zero-order valence-electron chi connectivity index (χ0n) is 12.9. The normalized spacial score (nSPS) is 13.0. The molecule has 0 aliphatic heterocycles. The molecule has 0 atom stereocenters. The molecular formula is C18H17F2NO2S. The quantitative estimate of drug-likeness (QED) is 0.780. The molecule has 0 aromatic heterocycles. The number of alkyl halides is 2. The zero-order chi connectivity index (χ0) is 16.9. The highest BCUT2D eigenvalue weighted by Crippen LogP contribution is 2.31. The number of ether oxygens (including phenoxy) is 1. The summed E-state index contributed by atoms with van der Waals surface area (Å²) < 4.78 is 30.6. The van der Waals surface area contributed by atoms with E-state index in [2.05, 4.69) is 5.32 Å². The molecular weight excluding hydrogens is 332 g/mol. The van der Waals surface area contributed by atoms with Gasteiger partial charge >= 0.3 is 0 Å². The van der Waals surface area contributed by atoms with E-state index >= 15 is 0 Å². The number of hydrogen-bond acceptors (Lipinski definition) is 3. The smallest absolute Gasteiger partial charge is 0.288 e. The van der Waals surface area contributed by atoms with Crippen LogP contribution in [0.2, 0.25) is 0 Å². The summed E-state index contributed by atoms with van der Waals surface area (Å²) >= 11 is 0.406. The molecule has 0 saturated carbocycles. The first-order valence-electron chi connectivity index (χ1n) is 7.70. The highest BCUT2D eigenvalue weighted by atomic mass is 32.2. The van der Waals surface area contributed by atoms with E-state index in [4.69, 9.17) is 4.74 Å². The Labute approximate surface area is 143 Å². The number of carbonyl (C=O) groups excluding carboxylic acids is 1. The van der Waals surface area contributed by atoms with E-state index in [1.807, 2.05) is 18.2 Å². The minimum absolute atomic E-state index is 0.160. The maximum absolute atomic E-state index is 12.5. The van der Waals surface area contributed by atoms with E-state index in [0.29, 0.717) is 28.1 Å². The van der Waals surface area contributed by atoms with Crippen molar-refractivity contribution in [2.75, 3.05) is 11.9 Å². The molecule has 3 rings (SSSR count). The van der Waals surface area contributed by atoms with Gasteiger partial charge in [0.05, 0.1) is 5.69 Å². The van der Waals surface area contributed by atoms with Crippen LogP contribution in [0.25, 0.3) is 0 Å². The van der Waals surface area contributed by atoms with Crippen molar-refractivity contribution in [2.24, 2.45) is 0 Å². The van der Waals surface area contributed by atoms with Gasteiger partial charge < -0.3 is 10.1 Å². The maximum Gasteiger partial charge on any atom is 0.288 e. The minimum Gasteiger partial charge on any atom is -0.484 e. The van der Waals surface area contributed by atoms with Crippen LogP contribution in [-0.4, -0.2) is 18.3 Å². The molecule has 1 aliphatic rings. The molecule has 1 aliphatic carbocycles. The molecule has 2 aromatic carbocycles. The second-order valence-electron chi connectivity index (χ2n) is 5.50. The van der Waals surface area contributed by atoms with Crippen LogP contribution in [0.3, 0.4) is 0 Å². The van der Waals surface area contributed by atoms with E-state index < -0.39 is 5.76 Å². The molecule has 24 heavy (non-hydrogen) atoms. The number of fused-ring (bicyclic) bond motifs is 1. The van der Waals surface area contributed by atoms with Gasteiger partial charge in [-0.25, -0.2) is 0 Å². The Balaban J connectivity index is 1.58. The van der Waals surface area contributed by atoms with Crippen molar-refractivity contribution in [1.82, 2.24) is 0 Å². The molecule has 0 saturated heterocycles. The number of hydrogen-bond donors (Lipinski definition) is 1. The average Bonchev–Trinajstić information content (AvgIpc) is 3.02. The lowest BCUT2D eigenvalue weighted by Crippen LogP contribution is -2.20. The summed E-state index contributed by atoms with van der Waals surface area (Å²) in [6, 6.07) is 12.3. The van der Waals surface area contributed by atoms with Crippen molar-refractivity contribution in [3.05, 3.63) is 53.6 Å². The first-order chi connectivity index (χ1) is 11.6. The molecule has 126 valence electrons. The van der Waals surface area contributed by atoms with Gasteiger partial charge in [0.2, 0.25) is 0 Å². The summed E-state index contributed by atoms with van der Waals surface area (Å²) in [5.74, 6) is -2.26. The summed E-state index contributed by atoms with van der Waals surface area (Å²) in [7, 11) is 0. The average molecular weight is 349 g/mol. The third-order valence-electron chi connectivity index (χ3n) is 3.82. The number of amides is 1. The van der Waals surface area contributed by atoms with Crippen LogP contribution in [0.4, 0.5) is 14.5 Å². The van der Waals surface area contributed by atoms with Gasteiger partial charge in [0.25, 0.3) is 11.7 Å². The van der Waals surface area contributed by atoms with E-state index in [9.17, 15) is 13.6 Å². The van der Waals surface area contributed by atoms with Gasteiger partial charge in [0.15, 0.2) is 6.61 Å². The Morgan fingerprint density at radius 2 is 1.96 bits per heavy atom. The summed E-state index contributed by atoms with van der Waals surface area (Å²) in [5.41, 5.74) is 2.97. The molecule has 0 fully saturated rings. The highest BCUT2D eigenvalue weighted by molar-refractivity contribution is 7.99. The summed E-state index contributed by atoms with van der Waals surface area (Å²) in [6.45, 7) is -0.160.